The summed E-state index contributed by atoms with van der Waals surface area (Å²) in [6.45, 7) is 1.81. The predicted octanol–water partition coefficient (Wildman–Crippen LogP) is 3.44. The van der Waals surface area contributed by atoms with Crippen molar-refractivity contribution in [2.24, 2.45) is 11.3 Å². The highest BCUT2D eigenvalue weighted by atomic mass is 32.2. The number of nitrogens with zero attached hydrogens (tertiary/aromatic N) is 2. The van der Waals surface area contributed by atoms with Crippen molar-refractivity contribution in [3.8, 4) is 0 Å². The van der Waals surface area contributed by atoms with Crippen LogP contribution in [0.5, 0.6) is 0 Å². The molecular formula is C26H28N2O6S. The first kappa shape index (κ1) is 23.6. The lowest BCUT2D eigenvalue weighted by Gasteiger charge is -2.54. The molecule has 3 aliphatic rings. The molecule has 1 atom stereocenters. The van der Waals surface area contributed by atoms with E-state index in [2.05, 4.69) is 0 Å². The van der Waals surface area contributed by atoms with E-state index in [1.54, 1.807) is 29.3 Å². The van der Waals surface area contributed by atoms with E-state index in [0.29, 0.717) is 5.56 Å². The molecule has 0 amide bonds. The Balaban J connectivity index is 1.75. The molecule has 0 N–H and O–H groups in total. The molecule has 2 aromatic rings. The van der Waals surface area contributed by atoms with E-state index in [0.717, 1.165) is 29.7 Å². The zero-order valence-electron chi connectivity index (χ0n) is 19.9. The summed E-state index contributed by atoms with van der Waals surface area (Å²) in [6, 6.07) is 13.2. The van der Waals surface area contributed by atoms with Gasteiger partial charge < -0.3 is 9.47 Å². The summed E-state index contributed by atoms with van der Waals surface area (Å²) in [5, 5.41) is 1.66. The molecule has 0 radical (unpaired) electrons. The number of aryl methyl sites for hydroxylation is 1. The minimum atomic E-state index is -3.99. The third-order valence-electron chi connectivity index (χ3n) is 7.20. The molecule has 2 aromatic carbocycles. The Morgan fingerprint density at radius 2 is 1.60 bits per heavy atom. The van der Waals surface area contributed by atoms with E-state index in [4.69, 9.17) is 9.47 Å². The standard InChI is InChI=1S/C26H28N2O6S/c1-17-8-12-20(13-9-17)35(31,32)27-15-14-26(24(29)33-2,25(30)34-3)23-21-7-5-4-6-19(21)16-22(28(23)27)18-10-11-18/h4-9,12-13,16,18,23H,10-11,14-15H2,1-3H3. The molecule has 0 bridgehead atoms. The minimum absolute atomic E-state index is 0.0785. The fourth-order valence-corrected chi connectivity index (χ4v) is 6.75. The van der Waals surface area contributed by atoms with Gasteiger partial charge in [0.1, 0.15) is 0 Å². The number of carbonyl (C=O) groups is 2. The van der Waals surface area contributed by atoms with Crippen LogP contribution >= 0.6 is 0 Å². The number of sulfonamides is 1. The number of rotatable bonds is 5. The Labute approximate surface area is 205 Å². The van der Waals surface area contributed by atoms with E-state index in [9.17, 15) is 18.0 Å². The number of esters is 2. The normalized spacial score (nSPS) is 21.4. The maximum Gasteiger partial charge on any atom is 0.325 e. The molecule has 5 rings (SSSR count). The van der Waals surface area contributed by atoms with Gasteiger partial charge in [-0.15, -0.1) is 4.41 Å². The fourth-order valence-electron chi connectivity index (χ4n) is 5.27. The molecule has 1 saturated heterocycles. The third kappa shape index (κ3) is 3.56. The Morgan fingerprint density at radius 1 is 0.971 bits per heavy atom. The van der Waals surface area contributed by atoms with Crippen molar-refractivity contribution in [2.45, 2.75) is 37.1 Å². The van der Waals surface area contributed by atoms with Crippen LogP contribution in [0.25, 0.3) is 6.08 Å². The minimum Gasteiger partial charge on any atom is -0.468 e. The van der Waals surface area contributed by atoms with E-state index < -0.39 is 33.4 Å². The number of carbonyl (C=O) groups excluding carboxylic acids is 2. The van der Waals surface area contributed by atoms with Gasteiger partial charge >= 0.3 is 11.9 Å². The van der Waals surface area contributed by atoms with Gasteiger partial charge in [0.15, 0.2) is 5.41 Å². The van der Waals surface area contributed by atoms with Gasteiger partial charge in [-0.05, 0) is 55.5 Å². The zero-order valence-corrected chi connectivity index (χ0v) is 20.7. The molecule has 2 aliphatic heterocycles. The summed E-state index contributed by atoms with van der Waals surface area (Å²) in [7, 11) is -1.52. The molecule has 0 aromatic heterocycles. The summed E-state index contributed by atoms with van der Waals surface area (Å²) >= 11 is 0. The van der Waals surface area contributed by atoms with E-state index in [1.807, 2.05) is 37.3 Å². The second kappa shape index (κ2) is 8.49. The van der Waals surface area contributed by atoms with Gasteiger partial charge in [0.25, 0.3) is 10.0 Å². The Kier molecular flexibility index (Phi) is 5.72. The third-order valence-corrected chi connectivity index (χ3v) is 8.98. The largest absolute Gasteiger partial charge is 0.468 e. The Bertz CT molecular complexity index is 1300. The van der Waals surface area contributed by atoms with E-state index >= 15 is 0 Å². The lowest BCUT2D eigenvalue weighted by molar-refractivity contribution is -0.187. The van der Waals surface area contributed by atoms with Crippen LogP contribution in [-0.2, 0) is 29.1 Å². The Hall–Kier alpha value is -3.17. The molecule has 0 spiro atoms. The average Bonchev–Trinajstić information content (AvgIpc) is 3.72. The smallest absolute Gasteiger partial charge is 0.325 e. The lowest BCUT2D eigenvalue weighted by atomic mass is 9.70. The van der Waals surface area contributed by atoms with Crippen LogP contribution in [-0.4, -0.2) is 50.5 Å². The number of hydrogen-bond acceptors (Lipinski definition) is 7. The van der Waals surface area contributed by atoms with Crippen LogP contribution < -0.4 is 0 Å². The number of benzene rings is 2. The number of fused-ring (bicyclic) bond motifs is 3. The summed E-state index contributed by atoms with van der Waals surface area (Å²) in [5.41, 5.74) is 1.52. The zero-order chi connectivity index (χ0) is 25.0. The molecule has 1 aliphatic carbocycles. The Morgan fingerprint density at radius 3 is 2.20 bits per heavy atom. The first-order valence-electron chi connectivity index (χ1n) is 11.6. The summed E-state index contributed by atoms with van der Waals surface area (Å²) in [5.74, 6) is -1.34. The van der Waals surface area contributed by atoms with Gasteiger partial charge in [-0.1, -0.05) is 42.0 Å². The molecule has 1 saturated carbocycles. The van der Waals surface area contributed by atoms with Crippen LogP contribution in [0.4, 0.5) is 0 Å². The van der Waals surface area contributed by atoms with Gasteiger partial charge in [-0.25, -0.2) is 8.42 Å². The van der Waals surface area contributed by atoms with Crippen molar-refractivity contribution in [3.63, 3.8) is 0 Å². The highest BCUT2D eigenvalue weighted by Gasteiger charge is 2.64. The van der Waals surface area contributed by atoms with Gasteiger partial charge in [0, 0.05) is 18.2 Å². The second-order valence-electron chi connectivity index (χ2n) is 9.29. The molecule has 9 heteroatoms. The van der Waals surface area contributed by atoms with Crippen LogP contribution in [0, 0.1) is 18.3 Å². The number of hydrogen-bond donors (Lipinski definition) is 0. The van der Waals surface area contributed by atoms with Crippen molar-refractivity contribution in [1.29, 1.82) is 0 Å². The summed E-state index contributed by atoms with van der Waals surface area (Å²) in [4.78, 5) is 26.9. The molecule has 2 fully saturated rings. The first-order valence-corrected chi connectivity index (χ1v) is 13.1. The molecule has 35 heavy (non-hydrogen) atoms. The molecule has 8 nitrogen and oxygen atoms in total. The number of hydrazine groups is 1. The van der Waals surface area contributed by atoms with Gasteiger partial charge in [-0.3, -0.25) is 14.6 Å². The SMILES string of the molecule is COC(=O)C1(C(=O)OC)CCN(S(=O)(=O)c2ccc(C)cc2)N2C(C3CC3)=Cc3ccccc3C21. The maximum absolute atomic E-state index is 14.0. The van der Waals surface area contributed by atoms with Gasteiger partial charge in [-0.2, -0.15) is 0 Å². The fraction of sp³-hybridized carbons (Fsp3) is 0.385. The average molecular weight is 497 g/mol. The topological polar surface area (TPSA) is 93.2 Å². The highest BCUT2D eigenvalue weighted by molar-refractivity contribution is 7.89. The number of allylic oxidation sites excluding steroid dienone is 1. The number of ether oxygens (including phenoxy) is 2. The predicted molar refractivity (Wildman–Crippen MR) is 128 cm³/mol. The molecular weight excluding hydrogens is 468 g/mol. The van der Waals surface area contributed by atoms with Crippen LogP contribution in [0.15, 0.2) is 59.1 Å². The summed E-state index contributed by atoms with van der Waals surface area (Å²) in [6.07, 6.45) is 3.70. The van der Waals surface area contributed by atoms with Crippen LogP contribution in [0.2, 0.25) is 0 Å². The van der Waals surface area contributed by atoms with Crippen molar-refractivity contribution < 1.29 is 27.5 Å². The van der Waals surface area contributed by atoms with Crippen molar-refractivity contribution in [1.82, 2.24) is 9.42 Å². The highest BCUT2D eigenvalue weighted by Crippen LogP contribution is 2.56. The second-order valence-corrected chi connectivity index (χ2v) is 11.1. The molecule has 184 valence electrons. The first-order chi connectivity index (χ1) is 16.8. The van der Waals surface area contributed by atoms with Crippen LogP contribution in [0.3, 0.4) is 0 Å². The van der Waals surface area contributed by atoms with Crippen molar-refractivity contribution in [2.75, 3.05) is 20.8 Å². The lowest BCUT2D eigenvalue weighted by Crippen LogP contribution is -2.63. The number of methoxy groups -OCH3 is 2. The van der Waals surface area contributed by atoms with Crippen molar-refractivity contribution >= 4 is 28.0 Å². The van der Waals surface area contributed by atoms with Crippen LogP contribution in [0.1, 0.15) is 42.0 Å². The molecule has 1 unspecified atom stereocenters. The summed E-state index contributed by atoms with van der Waals surface area (Å²) < 4.78 is 39.6. The van der Waals surface area contributed by atoms with E-state index in [-0.39, 0.29) is 23.8 Å². The van der Waals surface area contributed by atoms with E-state index in [1.165, 1.54) is 18.6 Å². The maximum atomic E-state index is 14.0. The monoisotopic (exact) mass is 496 g/mol. The van der Waals surface area contributed by atoms with Gasteiger partial charge in [0.05, 0.1) is 25.2 Å². The molecule has 2 heterocycles. The van der Waals surface area contributed by atoms with Gasteiger partial charge in [0.2, 0.25) is 0 Å². The van der Waals surface area contributed by atoms with Crippen molar-refractivity contribution in [3.05, 3.63) is 70.9 Å². The quantitative estimate of drug-likeness (QED) is 0.462.